The van der Waals surface area contributed by atoms with Crippen LogP contribution in [0.3, 0.4) is 0 Å². The number of amides is 8. The van der Waals surface area contributed by atoms with Crippen molar-refractivity contribution in [3.8, 4) is 33.8 Å². The molecule has 7 aromatic rings. The smallest absolute Gasteiger partial charge is 0.407 e. The van der Waals surface area contributed by atoms with Gasteiger partial charge in [0.25, 0.3) is 11.8 Å². The molecule has 0 radical (unpaired) electrons. The number of urea groups is 1. The van der Waals surface area contributed by atoms with Crippen molar-refractivity contribution in [1.29, 1.82) is 0 Å². The molecule has 0 saturated heterocycles. The fourth-order valence-corrected chi connectivity index (χ4v) is 9.51. The number of imide groups is 1. The molecular weight excluding hydrogens is 1160 g/mol. The number of ether oxygens (including phenoxy) is 5. The molecule has 1 unspecified atom stereocenters. The Labute approximate surface area is 520 Å². The molecule has 9 N–H and O–H groups in total. The van der Waals surface area contributed by atoms with E-state index in [1.165, 1.54) is 18.5 Å². The largest absolute Gasteiger partial charge is 0.445 e. The number of aromatic nitrogens is 6. The van der Waals surface area contributed by atoms with Crippen LogP contribution in [0.2, 0.25) is 0 Å². The minimum Gasteiger partial charge on any atom is -0.445 e. The van der Waals surface area contributed by atoms with Crippen LogP contribution in [0.15, 0.2) is 128 Å². The summed E-state index contributed by atoms with van der Waals surface area (Å²) in [4.78, 5) is 107. The number of primary amides is 1. The predicted octanol–water partition coefficient (Wildman–Crippen LogP) is 5.27. The zero-order valence-corrected chi connectivity index (χ0v) is 50.5. The van der Waals surface area contributed by atoms with E-state index in [0.717, 1.165) is 67.0 Å². The number of hydrogen-bond donors (Lipinski definition) is 8. The lowest BCUT2D eigenvalue weighted by atomic mass is 9.98. The summed E-state index contributed by atoms with van der Waals surface area (Å²) in [5.74, 6) is -1.86. The predicted molar refractivity (Wildman–Crippen MR) is 332 cm³/mol. The number of nitrogens with zero attached hydrogens (tertiary/aromatic N) is 6. The number of fused-ring (bicyclic) bond motifs is 1. The molecule has 0 bridgehead atoms. The van der Waals surface area contributed by atoms with Crippen molar-refractivity contribution in [2.45, 2.75) is 78.4 Å². The van der Waals surface area contributed by atoms with Crippen molar-refractivity contribution in [3.63, 3.8) is 0 Å². The second-order valence-electron chi connectivity index (χ2n) is 21.3. The first-order valence-corrected chi connectivity index (χ1v) is 29.7. The third-order valence-electron chi connectivity index (χ3n) is 14.2. The van der Waals surface area contributed by atoms with E-state index in [2.05, 4.69) is 59.1 Å². The molecule has 26 heteroatoms. The molecule has 1 aliphatic rings. The molecule has 2 atom stereocenters. The van der Waals surface area contributed by atoms with Gasteiger partial charge in [0.2, 0.25) is 17.7 Å². The SMILES string of the molecule is Cc1cccc(-c2nc(CNCc3ccccc3-c3cccc(CNC(=O)OCc4ccc(NC(=O)[C@H](CCCNC(N)=O)NC(=O)C(NC(=O)CCOCCOCCOCCOCCN5C(=O)C=CC5=O)C(C)C)cc4)c3)[nH]c2-c2ccc3ncnn3c2)n1. The maximum Gasteiger partial charge on any atom is 0.407 e. The zero-order chi connectivity index (χ0) is 63.6. The summed E-state index contributed by atoms with van der Waals surface area (Å²) >= 11 is 0. The number of H-pyrrole nitrogens is 1. The Morgan fingerprint density at radius 1 is 0.700 bits per heavy atom. The molecule has 3 aromatic carbocycles. The van der Waals surface area contributed by atoms with E-state index in [4.69, 9.17) is 39.4 Å². The highest BCUT2D eigenvalue weighted by Gasteiger charge is 2.29. The first kappa shape index (κ1) is 66.2. The highest BCUT2D eigenvalue weighted by atomic mass is 16.6. The van der Waals surface area contributed by atoms with Crippen LogP contribution in [-0.4, -0.2) is 154 Å². The summed E-state index contributed by atoms with van der Waals surface area (Å²) < 4.78 is 29.2. The Bertz CT molecular complexity index is 3570. The van der Waals surface area contributed by atoms with Crippen LogP contribution < -0.4 is 37.6 Å². The third kappa shape index (κ3) is 20.4. The zero-order valence-electron chi connectivity index (χ0n) is 50.5. The van der Waals surface area contributed by atoms with E-state index in [1.807, 2.05) is 79.9 Å². The normalized spacial score (nSPS) is 12.7. The molecule has 5 heterocycles. The lowest BCUT2D eigenvalue weighted by Crippen LogP contribution is -2.54. The summed E-state index contributed by atoms with van der Waals surface area (Å²) in [7, 11) is 0. The van der Waals surface area contributed by atoms with Gasteiger partial charge in [-0.3, -0.25) is 33.9 Å². The van der Waals surface area contributed by atoms with E-state index in [9.17, 15) is 33.6 Å². The first-order valence-electron chi connectivity index (χ1n) is 29.7. The average molecular weight is 1230 g/mol. The van der Waals surface area contributed by atoms with Gasteiger partial charge in [-0.25, -0.2) is 24.1 Å². The minimum atomic E-state index is -1.06. The van der Waals surface area contributed by atoms with Crippen LogP contribution in [0.1, 0.15) is 61.3 Å². The number of aromatic amines is 1. The number of rotatable bonds is 36. The second-order valence-corrected chi connectivity index (χ2v) is 21.3. The van der Waals surface area contributed by atoms with Gasteiger partial charge in [-0.1, -0.05) is 74.5 Å². The topological polar surface area (TPSA) is 339 Å². The first-order chi connectivity index (χ1) is 43.7. The van der Waals surface area contributed by atoms with E-state index in [0.29, 0.717) is 50.6 Å². The average Bonchev–Trinajstić information content (AvgIpc) is 1.68. The Hall–Kier alpha value is -9.73. The number of nitrogens with one attached hydrogen (secondary N) is 7. The van der Waals surface area contributed by atoms with Crippen LogP contribution in [0, 0.1) is 12.8 Å². The molecule has 0 fully saturated rings. The maximum atomic E-state index is 13.7. The lowest BCUT2D eigenvalue weighted by Gasteiger charge is -2.25. The monoisotopic (exact) mass is 1230 g/mol. The lowest BCUT2D eigenvalue weighted by molar-refractivity contribution is -0.137. The number of alkyl carbamates (subject to hydrolysis) is 1. The Kier molecular flexibility index (Phi) is 25.1. The maximum absolute atomic E-state index is 13.7. The molecule has 0 saturated carbocycles. The standard InChI is InChI=1S/C64H76N14O12/c1-42(2)58(76-55(79)24-27-86-29-31-88-33-34-89-32-30-87-28-26-77-56(80)22-23-57(77)81)62(83)73-52(15-8-25-67-63(65)84)61(82)72-49-19-16-44(17-20-49)40-90-64(85)68-36-45-10-7-12-46(35-45)50-13-5-4-11-47(50)37-66-38-53-74-59(48-18-21-54-69-41-70-78(54)39-48)60(75-53)51-14-6-9-43(3)71-51/h4-7,9-14,16-23,35,39,41-42,52,58,66H,8,15,24-34,36-38,40H2,1-3H3,(H,68,85)(H,72,82)(H,73,83)(H,74,75)(H,76,79)(H3,65,67,84)/t52-,58?/m0/s1. The Balaban J connectivity index is 0.744. The van der Waals surface area contributed by atoms with Gasteiger partial charge in [0.1, 0.15) is 36.5 Å². The summed E-state index contributed by atoms with van der Waals surface area (Å²) in [6.45, 7) is 8.94. The van der Waals surface area contributed by atoms with Crippen molar-refractivity contribution in [2.24, 2.45) is 11.7 Å². The fourth-order valence-electron chi connectivity index (χ4n) is 9.51. The highest BCUT2D eigenvalue weighted by Crippen LogP contribution is 2.30. The van der Waals surface area contributed by atoms with Gasteiger partial charge in [-0.05, 0) is 96.0 Å². The van der Waals surface area contributed by atoms with E-state index < -0.39 is 41.9 Å². The summed E-state index contributed by atoms with van der Waals surface area (Å²) in [6, 6.07) is 29.7. The van der Waals surface area contributed by atoms with Gasteiger partial charge in [0.05, 0.1) is 77.3 Å². The van der Waals surface area contributed by atoms with Crippen molar-refractivity contribution in [1.82, 2.24) is 61.0 Å². The molecule has 0 aliphatic carbocycles. The number of benzene rings is 3. The van der Waals surface area contributed by atoms with Gasteiger partial charge < -0.3 is 66.3 Å². The molecule has 26 nitrogen and oxygen atoms in total. The summed E-state index contributed by atoms with van der Waals surface area (Å²) in [5, 5.41) is 21.6. The molecule has 90 heavy (non-hydrogen) atoms. The number of anilines is 1. The van der Waals surface area contributed by atoms with Crippen LogP contribution in [0.25, 0.3) is 39.4 Å². The van der Waals surface area contributed by atoms with Crippen LogP contribution in [0.4, 0.5) is 15.3 Å². The molecule has 474 valence electrons. The number of pyridine rings is 2. The van der Waals surface area contributed by atoms with Gasteiger partial charge in [-0.15, -0.1) is 0 Å². The molecule has 1 aliphatic heterocycles. The van der Waals surface area contributed by atoms with Crippen molar-refractivity contribution >= 4 is 53.0 Å². The number of carbonyl (C=O) groups excluding carboxylic acids is 7. The van der Waals surface area contributed by atoms with Crippen molar-refractivity contribution in [2.75, 3.05) is 71.3 Å². The Morgan fingerprint density at radius 3 is 2.16 bits per heavy atom. The van der Waals surface area contributed by atoms with Crippen molar-refractivity contribution < 1.29 is 57.2 Å². The second kappa shape index (κ2) is 34.1. The third-order valence-corrected chi connectivity index (χ3v) is 14.2. The molecule has 0 spiro atoms. The van der Waals surface area contributed by atoms with Crippen molar-refractivity contribution in [3.05, 3.63) is 156 Å². The van der Waals surface area contributed by atoms with Crippen LogP contribution in [-0.2, 0) is 73.9 Å². The van der Waals surface area contributed by atoms with Crippen LogP contribution >= 0.6 is 0 Å². The minimum absolute atomic E-state index is 0.0337. The summed E-state index contributed by atoms with van der Waals surface area (Å²) in [6.07, 6.45) is 5.65. The fraction of sp³-hybridized carbons (Fsp3) is 0.359. The van der Waals surface area contributed by atoms with Gasteiger partial charge in [0, 0.05) is 61.3 Å². The molecular formula is C64H76N14O12. The number of nitrogens with two attached hydrogens (primary N) is 1. The quantitative estimate of drug-likeness (QED) is 0.0183. The number of aryl methyl sites for hydroxylation is 1. The van der Waals surface area contributed by atoms with E-state index in [-0.39, 0.29) is 89.8 Å². The number of imidazole rings is 1. The number of hydrogen-bond acceptors (Lipinski definition) is 17. The highest BCUT2D eigenvalue weighted by molar-refractivity contribution is 6.12. The molecule has 8 rings (SSSR count). The van der Waals surface area contributed by atoms with Gasteiger partial charge >= 0.3 is 12.1 Å². The molecule has 4 aromatic heterocycles. The van der Waals surface area contributed by atoms with Crippen LogP contribution in [0.5, 0.6) is 0 Å². The van der Waals surface area contributed by atoms with E-state index in [1.54, 1.807) is 42.6 Å². The summed E-state index contributed by atoms with van der Waals surface area (Å²) in [5.41, 5.74) is 15.1. The Morgan fingerprint density at radius 2 is 1.42 bits per heavy atom. The van der Waals surface area contributed by atoms with Gasteiger partial charge in [-0.2, -0.15) is 5.10 Å². The molecule has 8 amide bonds. The van der Waals surface area contributed by atoms with E-state index >= 15 is 0 Å². The number of carbonyl (C=O) groups is 7. The van der Waals surface area contributed by atoms with Gasteiger partial charge in [0.15, 0.2) is 5.65 Å².